The quantitative estimate of drug-likeness (QED) is 0.818. The van der Waals surface area contributed by atoms with E-state index >= 15 is 0 Å². The van der Waals surface area contributed by atoms with Crippen molar-refractivity contribution in [1.82, 2.24) is 19.6 Å². The topological polar surface area (TPSA) is 52.7 Å². The van der Waals surface area contributed by atoms with Gasteiger partial charge < -0.3 is 0 Å². The van der Waals surface area contributed by atoms with Crippen molar-refractivity contribution in [3.8, 4) is 0 Å². The van der Waals surface area contributed by atoms with Crippen molar-refractivity contribution in [2.75, 3.05) is 0 Å². The van der Waals surface area contributed by atoms with Gasteiger partial charge in [0.05, 0.1) is 16.4 Å². The summed E-state index contributed by atoms with van der Waals surface area (Å²) in [5, 5.41) is 8.41. The van der Waals surface area contributed by atoms with Gasteiger partial charge in [0.15, 0.2) is 0 Å². The van der Waals surface area contributed by atoms with Gasteiger partial charge >= 0.3 is 0 Å². The predicted octanol–water partition coefficient (Wildman–Crippen LogP) is 2.50. The number of carbonyl (C=O) groups is 1. The Balaban J connectivity index is 2.52. The van der Waals surface area contributed by atoms with E-state index in [1.54, 1.807) is 28.7 Å². The first-order valence-corrected chi connectivity index (χ1v) is 6.49. The van der Waals surface area contributed by atoms with E-state index in [1.807, 2.05) is 20.8 Å². The van der Waals surface area contributed by atoms with E-state index in [4.69, 9.17) is 0 Å². The summed E-state index contributed by atoms with van der Waals surface area (Å²) in [6.07, 6.45) is 1.65. The highest BCUT2D eigenvalue weighted by atomic mass is 79.9. The molecule has 0 amide bonds. The maximum absolute atomic E-state index is 12.5. The van der Waals surface area contributed by atoms with Crippen molar-refractivity contribution in [3.63, 3.8) is 0 Å². The number of aromatic nitrogens is 4. The standard InChI is InChI=1S/C12H15BrN4O/c1-7(2)17-11(9(13)6-14-17)12(18)10-5-8(3)15-16(10)4/h5-7H,1-4H3. The van der Waals surface area contributed by atoms with Crippen LogP contribution in [0.4, 0.5) is 0 Å². The number of ketones is 1. The fraction of sp³-hybridized carbons (Fsp3) is 0.417. The molecule has 18 heavy (non-hydrogen) atoms. The van der Waals surface area contributed by atoms with Crippen LogP contribution in [0.25, 0.3) is 0 Å². The molecule has 0 saturated carbocycles. The molecule has 0 aliphatic rings. The highest BCUT2D eigenvalue weighted by Gasteiger charge is 2.23. The number of rotatable bonds is 3. The zero-order valence-corrected chi connectivity index (χ0v) is 12.4. The maximum atomic E-state index is 12.5. The first-order chi connectivity index (χ1) is 8.41. The van der Waals surface area contributed by atoms with Crippen LogP contribution in [0, 0.1) is 6.92 Å². The second kappa shape index (κ2) is 4.68. The van der Waals surface area contributed by atoms with E-state index in [0.29, 0.717) is 15.9 Å². The third kappa shape index (κ3) is 2.12. The largest absolute Gasteiger partial charge is 0.285 e. The second-order valence-corrected chi connectivity index (χ2v) is 5.36. The Morgan fingerprint density at radius 1 is 1.44 bits per heavy atom. The first kappa shape index (κ1) is 13.0. The Morgan fingerprint density at radius 3 is 2.61 bits per heavy atom. The van der Waals surface area contributed by atoms with E-state index < -0.39 is 0 Å². The Hall–Kier alpha value is -1.43. The van der Waals surface area contributed by atoms with Crippen LogP contribution >= 0.6 is 15.9 Å². The summed E-state index contributed by atoms with van der Waals surface area (Å²) >= 11 is 3.38. The summed E-state index contributed by atoms with van der Waals surface area (Å²) in [5.41, 5.74) is 1.95. The van der Waals surface area contributed by atoms with Gasteiger partial charge in [0, 0.05) is 13.1 Å². The predicted molar refractivity (Wildman–Crippen MR) is 71.7 cm³/mol. The molecule has 2 heterocycles. The van der Waals surface area contributed by atoms with Crippen LogP contribution in [-0.2, 0) is 7.05 Å². The van der Waals surface area contributed by atoms with Crippen molar-refractivity contribution in [1.29, 1.82) is 0 Å². The van der Waals surface area contributed by atoms with Crippen LogP contribution < -0.4 is 0 Å². The third-order valence-corrected chi connectivity index (χ3v) is 3.27. The number of halogens is 1. The fourth-order valence-corrected chi connectivity index (χ4v) is 2.34. The minimum atomic E-state index is -0.0730. The Morgan fingerprint density at radius 2 is 2.11 bits per heavy atom. The monoisotopic (exact) mass is 310 g/mol. The molecule has 0 saturated heterocycles. The number of hydrogen-bond acceptors (Lipinski definition) is 3. The molecule has 0 radical (unpaired) electrons. The average molecular weight is 311 g/mol. The molecule has 0 aliphatic carbocycles. The van der Waals surface area contributed by atoms with E-state index in [2.05, 4.69) is 26.1 Å². The Labute approximate surface area is 114 Å². The summed E-state index contributed by atoms with van der Waals surface area (Å²) in [6.45, 7) is 5.85. The molecule has 2 rings (SSSR count). The van der Waals surface area contributed by atoms with Crippen LogP contribution in [-0.4, -0.2) is 25.3 Å². The maximum Gasteiger partial charge on any atom is 0.230 e. The van der Waals surface area contributed by atoms with Crippen LogP contribution in [0.15, 0.2) is 16.7 Å². The summed E-state index contributed by atoms with van der Waals surface area (Å²) in [4.78, 5) is 12.5. The van der Waals surface area contributed by atoms with Gasteiger partial charge in [-0.3, -0.25) is 14.2 Å². The molecule has 0 aromatic carbocycles. The number of carbonyl (C=O) groups excluding carboxylic acids is 1. The van der Waals surface area contributed by atoms with Gasteiger partial charge in [-0.1, -0.05) is 0 Å². The molecule has 0 fully saturated rings. The SMILES string of the molecule is Cc1cc(C(=O)c2c(Br)cnn2C(C)C)n(C)n1. The highest BCUT2D eigenvalue weighted by molar-refractivity contribution is 9.10. The first-order valence-electron chi connectivity index (χ1n) is 5.70. The van der Waals surface area contributed by atoms with Gasteiger partial charge in [0.25, 0.3) is 0 Å². The van der Waals surface area contributed by atoms with Gasteiger partial charge in [-0.15, -0.1) is 0 Å². The zero-order chi connectivity index (χ0) is 13.4. The molecule has 0 unspecified atom stereocenters. The van der Waals surface area contributed by atoms with Crippen molar-refractivity contribution < 1.29 is 4.79 Å². The molecule has 0 N–H and O–H groups in total. The summed E-state index contributed by atoms with van der Waals surface area (Å²) in [7, 11) is 1.77. The Kier molecular flexibility index (Phi) is 3.38. The van der Waals surface area contributed by atoms with Gasteiger partial charge in [-0.2, -0.15) is 10.2 Å². The summed E-state index contributed by atoms with van der Waals surface area (Å²) in [5.74, 6) is -0.0730. The van der Waals surface area contributed by atoms with Gasteiger partial charge in [-0.25, -0.2) is 0 Å². The van der Waals surface area contributed by atoms with Crippen LogP contribution in [0.2, 0.25) is 0 Å². The van der Waals surface area contributed by atoms with Gasteiger partial charge in [0.1, 0.15) is 11.4 Å². The van der Waals surface area contributed by atoms with Crippen LogP contribution in [0.3, 0.4) is 0 Å². The number of nitrogens with zero attached hydrogens (tertiary/aromatic N) is 4. The lowest BCUT2D eigenvalue weighted by Gasteiger charge is -2.10. The van der Waals surface area contributed by atoms with E-state index in [9.17, 15) is 4.79 Å². The third-order valence-electron chi connectivity index (χ3n) is 2.69. The highest BCUT2D eigenvalue weighted by Crippen LogP contribution is 2.22. The molecule has 96 valence electrons. The van der Waals surface area contributed by atoms with Gasteiger partial charge in [0.2, 0.25) is 5.78 Å². The molecular formula is C12H15BrN4O. The molecule has 2 aromatic heterocycles. The second-order valence-electron chi connectivity index (χ2n) is 4.50. The molecule has 6 heteroatoms. The van der Waals surface area contributed by atoms with E-state index in [1.165, 1.54) is 0 Å². The minimum Gasteiger partial charge on any atom is -0.285 e. The lowest BCUT2D eigenvalue weighted by atomic mass is 10.2. The smallest absolute Gasteiger partial charge is 0.230 e. The molecule has 0 bridgehead atoms. The summed E-state index contributed by atoms with van der Waals surface area (Å²) in [6, 6.07) is 1.91. The fourth-order valence-electron chi connectivity index (χ4n) is 1.89. The molecular weight excluding hydrogens is 296 g/mol. The lowest BCUT2D eigenvalue weighted by Crippen LogP contribution is -2.16. The number of aryl methyl sites for hydroxylation is 2. The lowest BCUT2D eigenvalue weighted by molar-refractivity contribution is 0.101. The van der Waals surface area contributed by atoms with Crippen molar-refractivity contribution in [2.45, 2.75) is 26.8 Å². The molecule has 5 nitrogen and oxygen atoms in total. The molecule has 0 aliphatic heterocycles. The van der Waals surface area contributed by atoms with Crippen molar-refractivity contribution in [2.24, 2.45) is 7.05 Å². The molecule has 0 atom stereocenters. The minimum absolute atomic E-state index is 0.0730. The van der Waals surface area contributed by atoms with Crippen molar-refractivity contribution in [3.05, 3.63) is 33.8 Å². The van der Waals surface area contributed by atoms with Crippen LogP contribution in [0.5, 0.6) is 0 Å². The summed E-state index contributed by atoms with van der Waals surface area (Å²) < 4.78 is 4.02. The number of hydrogen-bond donors (Lipinski definition) is 0. The van der Waals surface area contributed by atoms with Crippen molar-refractivity contribution >= 4 is 21.7 Å². The van der Waals surface area contributed by atoms with E-state index in [0.717, 1.165) is 5.69 Å². The van der Waals surface area contributed by atoms with Gasteiger partial charge in [-0.05, 0) is 42.8 Å². The van der Waals surface area contributed by atoms with E-state index in [-0.39, 0.29) is 11.8 Å². The molecule has 2 aromatic rings. The van der Waals surface area contributed by atoms with Crippen LogP contribution in [0.1, 0.15) is 41.8 Å². The Bertz CT molecular complexity index is 597. The normalized spacial score (nSPS) is 11.2. The average Bonchev–Trinajstić information content (AvgIpc) is 2.81. The molecule has 0 spiro atoms. The zero-order valence-electron chi connectivity index (χ0n) is 10.8.